The lowest BCUT2D eigenvalue weighted by Crippen LogP contribution is -2.04. The van der Waals surface area contributed by atoms with E-state index in [0.29, 0.717) is 0 Å². The van der Waals surface area contributed by atoms with Crippen molar-refractivity contribution in [1.82, 2.24) is 0 Å². The number of primary amides is 1. The highest BCUT2D eigenvalue weighted by atomic mass is 31.1. The minimum atomic E-state index is -3.13. The van der Waals surface area contributed by atoms with Gasteiger partial charge in [0.25, 0.3) is 0 Å². The first-order valence-corrected chi connectivity index (χ1v) is 4.88. The fourth-order valence-corrected chi connectivity index (χ4v) is 0. The molecule has 0 aliphatic heterocycles. The van der Waals surface area contributed by atoms with E-state index in [2.05, 4.69) is 33.1 Å². The van der Waals surface area contributed by atoms with Gasteiger partial charge in [-0.2, -0.15) is 0 Å². The monoisotopic (exact) mass is 211 g/mol. The Morgan fingerprint density at radius 1 is 1.46 bits per heavy atom. The first-order valence-electron chi connectivity index (χ1n) is 3.57. The Balaban J connectivity index is -0.000000117. The molecule has 1 amide bonds. The van der Waals surface area contributed by atoms with Crippen LogP contribution in [0, 0.1) is 5.92 Å². The summed E-state index contributed by atoms with van der Waals surface area (Å²) in [6.07, 6.45) is 1.06. The van der Waals surface area contributed by atoms with E-state index in [9.17, 15) is 4.79 Å². The molecule has 0 aromatic rings. The third-order valence-electron chi connectivity index (χ3n) is 0.201. The molecule has 0 saturated heterocycles. The quantitative estimate of drug-likeness (QED) is 0.438. The Labute approximate surface area is 79.2 Å². The molecule has 80 valence electrons. The third-order valence-corrected chi connectivity index (χ3v) is 0.201. The van der Waals surface area contributed by atoms with Crippen molar-refractivity contribution in [3.05, 3.63) is 12.7 Å². The molecule has 0 heterocycles. The second-order valence-corrected chi connectivity index (χ2v) is 3.19. The second-order valence-electron chi connectivity index (χ2n) is 2.62. The van der Waals surface area contributed by atoms with Crippen molar-refractivity contribution >= 4 is 14.2 Å². The van der Waals surface area contributed by atoms with Crippen LogP contribution in [0.3, 0.4) is 0 Å². The molecular weight excluding hydrogens is 193 g/mol. The molecule has 0 aromatic heterocycles. The van der Waals surface area contributed by atoms with Crippen LogP contribution in [0.2, 0.25) is 0 Å². The van der Waals surface area contributed by atoms with E-state index < -0.39 is 14.2 Å². The van der Waals surface area contributed by atoms with Crippen LogP contribution in [-0.4, -0.2) is 15.7 Å². The van der Waals surface area contributed by atoms with E-state index in [1.807, 2.05) is 0 Å². The average Bonchev–Trinajstić information content (AvgIpc) is 1.84. The van der Waals surface area contributed by atoms with Gasteiger partial charge in [-0.25, -0.2) is 0 Å². The van der Waals surface area contributed by atoms with Crippen LogP contribution in [0.4, 0.5) is 0 Å². The number of carbonyl (C=O) groups is 1. The van der Waals surface area contributed by atoms with Crippen LogP contribution in [0.5, 0.6) is 0 Å². The van der Waals surface area contributed by atoms with Crippen LogP contribution in [0.25, 0.3) is 0 Å². The predicted molar refractivity (Wildman–Crippen MR) is 53.3 cm³/mol. The highest BCUT2D eigenvalue weighted by Gasteiger charge is 1.69. The Hall–Kier alpha value is -0.640. The van der Waals surface area contributed by atoms with Crippen molar-refractivity contribution in [2.24, 2.45) is 11.7 Å². The van der Waals surface area contributed by atoms with Crippen molar-refractivity contribution in [2.45, 2.75) is 20.8 Å². The summed E-state index contributed by atoms with van der Waals surface area (Å²) in [6, 6.07) is 0. The van der Waals surface area contributed by atoms with Gasteiger partial charge in [0.1, 0.15) is 0 Å². The lowest BCUT2D eigenvalue weighted by atomic mass is 10.3. The van der Waals surface area contributed by atoms with Gasteiger partial charge < -0.3 is 15.5 Å². The molecule has 5 nitrogen and oxygen atoms in total. The van der Waals surface area contributed by atoms with Crippen LogP contribution >= 0.6 is 8.25 Å². The molecule has 0 saturated carbocycles. The van der Waals surface area contributed by atoms with Gasteiger partial charge in [0.15, 0.2) is 0 Å². The van der Waals surface area contributed by atoms with E-state index in [1.54, 1.807) is 0 Å². The predicted octanol–water partition coefficient (Wildman–Crippen LogP) is 0.681. The normalized spacial score (nSPS) is 7.92. The number of nitrogens with two attached hydrogens (primary N) is 1. The fourth-order valence-electron chi connectivity index (χ4n) is 0. The smallest absolute Gasteiger partial charge is 0.314 e. The van der Waals surface area contributed by atoms with E-state index >= 15 is 0 Å². The summed E-state index contributed by atoms with van der Waals surface area (Å²) in [5, 5.41) is 0. The molecule has 0 aliphatic rings. The summed E-state index contributed by atoms with van der Waals surface area (Å²) in [7, 11) is -3.13. The zero-order valence-corrected chi connectivity index (χ0v) is 9.15. The Kier molecular flexibility index (Phi) is 19.5. The highest BCUT2D eigenvalue weighted by Crippen LogP contribution is 1.98. The van der Waals surface area contributed by atoms with Crippen LogP contribution in [0.1, 0.15) is 20.8 Å². The number of hydrogen-bond acceptors (Lipinski definition) is 2. The molecule has 13 heavy (non-hydrogen) atoms. The van der Waals surface area contributed by atoms with E-state index in [0.717, 1.165) is 12.0 Å². The Bertz CT molecular complexity index is 152. The minimum Gasteiger partial charge on any atom is -0.366 e. The molecule has 0 fully saturated rings. The maximum Gasteiger partial charge on any atom is 0.314 e. The molecule has 4 N–H and O–H groups in total. The molecule has 0 unspecified atom stereocenters. The van der Waals surface area contributed by atoms with Gasteiger partial charge >= 0.3 is 8.25 Å². The number of rotatable bonds is 1. The summed E-state index contributed by atoms with van der Waals surface area (Å²) in [5.41, 5.74) is 4.53. The summed E-state index contributed by atoms with van der Waals surface area (Å²) in [4.78, 5) is 23.8. The first-order chi connectivity index (χ1) is 5.73. The van der Waals surface area contributed by atoms with Crippen molar-refractivity contribution < 1.29 is 19.1 Å². The molecule has 0 rings (SSSR count). The summed E-state index contributed by atoms with van der Waals surface area (Å²) in [6.45, 7) is 9.59. The zero-order valence-electron chi connectivity index (χ0n) is 8.15. The molecule has 0 radical (unpaired) electrons. The topological polar surface area (TPSA) is 101 Å². The van der Waals surface area contributed by atoms with Crippen LogP contribution in [-0.2, 0) is 9.36 Å². The number of hydrogen-bond donors (Lipinski definition) is 3. The molecular formula is C7H18NO4P. The highest BCUT2D eigenvalue weighted by molar-refractivity contribution is 7.30. The van der Waals surface area contributed by atoms with Gasteiger partial charge in [0.2, 0.25) is 5.91 Å². The van der Waals surface area contributed by atoms with Gasteiger partial charge in [-0.1, -0.05) is 27.4 Å². The molecule has 6 heteroatoms. The van der Waals surface area contributed by atoms with Crippen molar-refractivity contribution in [2.75, 3.05) is 0 Å². The second kappa shape index (κ2) is 13.9. The van der Waals surface area contributed by atoms with Gasteiger partial charge in [0.05, 0.1) is 0 Å². The van der Waals surface area contributed by atoms with Crippen molar-refractivity contribution in [3.63, 3.8) is 0 Å². The standard InChI is InChI=1S/C4H10.C3H5NO.H3O3P/c1-4(2)3;1-2-3(4)5;1-4(2)3/h4H,1-3H3;2H,1H2,(H2,4,5);4H,(H2,1,2,3). The van der Waals surface area contributed by atoms with Crippen molar-refractivity contribution in [1.29, 1.82) is 0 Å². The van der Waals surface area contributed by atoms with Crippen LogP contribution in [0.15, 0.2) is 12.7 Å². The number of amides is 1. The summed E-state index contributed by atoms with van der Waals surface area (Å²) < 4.78 is 8.74. The Morgan fingerprint density at radius 3 is 1.54 bits per heavy atom. The molecule has 0 aromatic carbocycles. The molecule has 0 bridgehead atoms. The van der Waals surface area contributed by atoms with Gasteiger partial charge in [-0.15, -0.1) is 0 Å². The first kappa shape index (κ1) is 18.2. The SMILES string of the molecule is C=CC(N)=O.CC(C)C.O=[PH](O)O. The average molecular weight is 211 g/mol. The third kappa shape index (κ3) is 538. The van der Waals surface area contributed by atoms with E-state index in [1.165, 1.54) is 0 Å². The Morgan fingerprint density at radius 2 is 1.54 bits per heavy atom. The summed E-state index contributed by atoms with van der Waals surface area (Å²) in [5.74, 6) is 0.352. The van der Waals surface area contributed by atoms with Gasteiger partial charge in [-0.05, 0) is 12.0 Å². The minimum absolute atomic E-state index is 0.481. The zero-order chi connectivity index (χ0) is 11.4. The summed E-state index contributed by atoms with van der Waals surface area (Å²) >= 11 is 0. The fraction of sp³-hybridized carbons (Fsp3) is 0.571. The van der Waals surface area contributed by atoms with Gasteiger partial charge in [-0.3, -0.25) is 9.36 Å². The van der Waals surface area contributed by atoms with Gasteiger partial charge in [0, 0.05) is 0 Å². The maximum absolute atomic E-state index is 9.47. The lowest BCUT2D eigenvalue weighted by Gasteiger charge is -1.79. The molecule has 0 atom stereocenters. The molecule has 0 aliphatic carbocycles. The largest absolute Gasteiger partial charge is 0.366 e. The maximum atomic E-state index is 9.47. The van der Waals surface area contributed by atoms with Crippen molar-refractivity contribution in [3.8, 4) is 0 Å². The molecule has 0 spiro atoms. The van der Waals surface area contributed by atoms with E-state index in [-0.39, 0.29) is 0 Å². The van der Waals surface area contributed by atoms with Crippen LogP contribution < -0.4 is 5.73 Å². The lowest BCUT2D eigenvalue weighted by molar-refractivity contribution is -0.113. The number of carbonyl (C=O) groups excluding carboxylic acids is 1. The van der Waals surface area contributed by atoms with E-state index in [4.69, 9.17) is 14.4 Å².